The third-order valence-corrected chi connectivity index (χ3v) is 4.32. The van der Waals surface area contributed by atoms with Gasteiger partial charge in [-0.25, -0.2) is 0 Å². The first kappa shape index (κ1) is 19.3. The minimum absolute atomic E-state index is 0.1000. The highest BCUT2D eigenvalue weighted by atomic mass is 16.3. The Hall–Kier alpha value is -3.02. The highest BCUT2D eigenvalue weighted by Crippen LogP contribution is 2.23. The first-order chi connectivity index (χ1) is 12.4. The van der Waals surface area contributed by atoms with Crippen LogP contribution >= 0.6 is 0 Å². The number of phenolic OH excluding ortho intramolecular Hbond substituents is 1. The lowest BCUT2D eigenvalue weighted by atomic mass is 10.1. The van der Waals surface area contributed by atoms with Crippen molar-refractivity contribution >= 4 is 28.9 Å². The summed E-state index contributed by atoms with van der Waals surface area (Å²) in [6.07, 6.45) is 0. The molecule has 0 heterocycles. The van der Waals surface area contributed by atoms with Crippen molar-refractivity contribution in [2.75, 3.05) is 35.3 Å². The fraction of sp³-hybridized carbons (Fsp3) is 0.300. The van der Waals surface area contributed by atoms with Gasteiger partial charge < -0.3 is 20.2 Å². The van der Waals surface area contributed by atoms with Crippen LogP contribution in [0.4, 0.5) is 17.1 Å². The van der Waals surface area contributed by atoms with E-state index in [0.29, 0.717) is 11.4 Å². The van der Waals surface area contributed by atoms with Crippen molar-refractivity contribution in [1.82, 2.24) is 0 Å². The average Bonchev–Trinajstić information content (AvgIpc) is 2.64. The molecular weight excluding hydrogens is 330 g/mol. The van der Waals surface area contributed by atoms with Crippen molar-refractivity contribution < 1.29 is 14.7 Å². The van der Waals surface area contributed by atoms with Crippen LogP contribution in [0.25, 0.3) is 0 Å². The van der Waals surface area contributed by atoms with Gasteiger partial charge in [-0.1, -0.05) is 0 Å². The Morgan fingerprint density at radius 2 is 1.58 bits per heavy atom. The number of rotatable bonds is 5. The molecule has 0 fully saturated rings. The van der Waals surface area contributed by atoms with Crippen LogP contribution in [0.1, 0.15) is 19.4 Å². The van der Waals surface area contributed by atoms with Gasteiger partial charge in [0.15, 0.2) is 0 Å². The third kappa shape index (κ3) is 4.33. The molecule has 26 heavy (non-hydrogen) atoms. The molecule has 0 atom stereocenters. The Balaban J connectivity index is 2.11. The number of carbonyl (C=O) groups excluding carboxylic acids is 2. The zero-order chi connectivity index (χ0) is 19.3. The molecule has 0 aliphatic carbocycles. The fourth-order valence-corrected chi connectivity index (χ4v) is 2.70. The maximum Gasteiger partial charge on any atom is 0.316 e. The number of nitrogens with zero attached hydrogens (tertiary/aromatic N) is 2. The van der Waals surface area contributed by atoms with Gasteiger partial charge in [0.1, 0.15) is 5.75 Å². The van der Waals surface area contributed by atoms with Crippen molar-refractivity contribution in [1.29, 1.82) is 0 Å². The lowest BCUT2D eigenvalue weighted by molar-refractivity contribution is -0.134. The van der Waals surface area contributed by atoms with E-state index in [2.05, 4.69) is 24.1 Å². The molecule has 2 N–H and O–H groups in total. The minimum atomic E-state index is -0.709. The Morgan fingerprint density at radius 3 is 2.12 bits per heavy atom. The van der Waals surface area contributed by atoms with Gasteiger partial charge >= 0.3 is 11.8 Å². The smallest absolute Gasteiger partial charge is 0.316 e. The Labute approximate surface area is 154 Å². The maximum atomic E-state index is 12.4. The predicted molar refractivity (Wildman–Crippen MR) is 105 cm³/mol. The van der Waals surface area contributed by atoms with Gasteiger partial charge in [-0.15, -0.1) is 0 Å². The Kier molecular flexibility index (Phi) is 6.22. The number of aryl methyl sites for hydroxylation is 1. The summed E-state index contributed by atoms with van der Waals surface area (Å²) in [5, 5.41) is 12.0. The third-order valence-electron chi connectivity index (χ3n) is 4.32. The molecule has 0 saturated heterocycles. The zero-order valence-corrected chi connectivity index (χ0v) is 15.6. The van der Waals surface area contributed by atoms with Gasteiger partial charge in [-0.2, -0.15) is 0 Å². The first-order valence-corrected chi connectivity index (χ1v) is 8.61. The molecule has 0 radical (unpaired) electrons. The van der Waals surface area contributed by atoms with Crippen LogP contribution in [0.15, 0.2) is 42.5 Å². The molecule has 0 aliphatic heterocycles. The summed E-state index contributed by atoms with van der Waals surface area (Å²) in [6.45, 7) is 7.88. The van der Waals surface area contributed by atoms with Crippen LogP contribution in [0.5, 0.6) is 5.75 Å². The topological polar surface area (TPSA) is 72.9 Å². The van der Waals surface area contributed by atoms with E-state index >= 15 is 0 Å². The zero-order valence-electron chi connectivity index (χ0n) is 15.6. The number of nitrogens with one attached hydrogen (secondary N) is 1. The van der Waals surface area contributed by atoms with Crippen LogP contribution in [-0.4, -0.2) is 37.1 Å². The Bertz CT molecular complexity index is 783. The summed E-state index contributed by atoms with van der Waals surface area (Å²) in [5.41, 5.74) is 3.11. The summed E-state index contributed by atoms with van der Waals surface area (Å²) in [4.78, 5) is 28.1. The molecule has 0 bridgehead atoms. The van der Waals surface area contributed by atoms with Crippen molar-refractivity contribution in [2.24, 2.45) is 0 Å². The van der Waals surface area contributed by atoms with E-state index < -0.39 is 11.8 Å². The second kappa shape index (κ2) is 8.38. The summed E-state index contributed by atoms with van der Waals surface area (Å²) in [5.74, 6) is -1.29. The molecule has 2 aromatic rings. The number of anilines is 3. The van der Waals surface area contributed by atoms with Gasteiger partial charge in [0.25, 0.3) is 0 Å². The molecule has 2 amide bonds. The molecule has 0 saturated carbocycles. The SMILES string of the molecule is CCN(CC)c1ccc(NC(=O)C(=O)N(C)c2ccc(O)cc2)c(C)c1. The van der Waals surface area contributed by atoms with Gasteiger partial charge in [0.05, 0.1) is 0 Å². The van der Waals surface area contributed by atoms with Crippen LogP contribution in [0, 0.1) is 6.92 Å². The first-order valence-electron chi connectivity index (χ1n) is 8.61. The van der Waals surface area contributed by atoms with E-state index in [1.54, 1.807) is 12.1 Å². The van der Waals surface area contributed by atoms with E-state index in [-0.39, 0.29) is 5.75 Å². The standard InChI is InChI=1S/C20H25N3O3/c1-5-23(6-2)16-9-12-18(14(3)13-16)21-19(25)20(26)22(4)15-7-10-17(24)11-8-15/h7-13,24H,5-6H2,1-4H3,(H,21,25). The highest BCUT2D eigenvalue weighted by Gasteiger charge is 2.21. The summed E-state index contributed by atoms with van der Waals surface area (Å²) in [7, 11) is 1.52. The number of hydrogen-bond acceptors (Lipinski definition) is 4. The number of phenols is 1. The van der Waals surface area contributed by atoms with Crippen LogP contribution in [-0.2, 0) is 9.59 Å². The molecular formula is C20H25N3O3. The number of hydrogen-bond donors (Lipinski definition) is 2. The van der Waals surface area contributed by atoms with Crippen LogP contribution in [0.2, 0.25) is 0 Å². The van der Waals surface area contributed by atoms with Crippen LogP contribution in [0.3, 0.4) is 0 Å². The van der Waals surface area contributed by atoms with E-state index in [9.17, 15) is 14.7 Å². The molecule has 0 spiro atoms. The number of benzene rings is 2. The quantitative estimate of drug-likeness (QED) is 0.808. The average molecular weight is 355 g/mol. The van der Waals surface area contributed by atoms with Crippen molar-refractivity contribution in [2.45, 2.75) is 20.8 Å². The summed E-state index contributed by atoms with van der Waals surface area (Å²) in [6, 6.07) is 11.8. The predicted octanol–water partition coefficient (Wildman–Crippen LogP) is 3.15. The van der Waals surface area contributed by atoms with Gasteiger partial charge in [0, 0.05) is 37.2 Å². The van der Waals surface area contributed by atoms with E-state index in [1.807, 2.05) is 25.1 Å². The molecule has 6 heteroatoms. The van der Waals surface area contributed by atoms with Crippen LogP contribution < -0.4 is 15.1 Å². The summed E-state index contributed by atoms with van der Waals surface area (Å²) < 4.78 is 0. The molecule has 2 aromatic carbocycles. The fourth-order valence-electron chi connectivity index (χ4n) is 2.70. The highest BCUT2D eigenvalue weighted by molar-refractivity contribution is 6.44. The lowest BCUT2D eigenvalue weighted by Crippen LogP contribution is -2.37. The number of carbonyl (C=O) groups is 2. The van der Waals surface area contributed by atoms with E-state index in [4.69, 9.17) is 0 Å². The largest absolute Gasteiger partial charge is 0.508 e. The van der Waals surface area contributed by atoms with Gasteiger partial charge in [-0.3, -0.25) is 9.59 Å². The number of amides is 2. The number of likely N-dealkylation sites (N-methyl/N-ethyl adjacent to an activating group) is 1. The summed E-state index contributed by atoms with van der Waals surface area (Å²) >= 11 is 0. The normalized spacial score (nSPS) is 10.3. The number of aromatic hydroxyl groups is 1. The molecule has 0 aliphatic rings. The lowest BCUT2D eigenvalue weighted by Gasteiger charge is -2.22. The van der Waals surface area contributed by atoms with Gasteiger partial charge in [-0.05, 0) is 68.8 Å². The van der Waals surface area contributed by atoms with E-state index in [0.717, 1.165) is 24.3 Å². The maximum absolute atomic E-state index is 12.4. The second-order valence-corrected chi connectivity index (χ2v) is 6.01. The van der Waals surface area contributed by atoms with Crippen molar-refractivity contribution in [3.05, 3.63) is 48.0 Å². The monoisotopic (exact) mass is 355 g/mol. The second-order valence-electron chi connectivity index (χ2n) is 6.01. The molecule has 0 unspecified atom stereocenters. The molecule has 0 aromatic heterocycles. The van der Waals surface area contributed by atoms with E-state index in [1.165, 1.54) is 24.1 Å². The Morgan fingerprint density at radius 1 is 1.00 bits per heavy atom. The molecule has 6 nitrogen and oxygen atoms in total. The van der Waals surface area contributed by atoms with Gasteiger partial charge in [0.2, 0.25) is 0 Å². The molecule has 138 valence electrons. The van der Waals surface area contributed by atoms with Crippen molar-refractivity contribution in [3.8, 4) is 5.75 Å². The van der Waals surface area contributed by atoms with Crippen molar-refractivity contribution in [3.63, 3.8) is 0 Å². The minimum Gasteiger partial charge on any atom is -0.508 e. The molecule has 2 rings (SSSR count).